The smallest absolute Gasteiger partial charge is 0.225 e. The summed E-state index contributed by atoms with van der Waals surface area (Å²) in [4.78, 5) is 13.8. The van der Waals surface area contributed by atoms with Crippen molar-refractivity contribution in [1.29, 1.82) is 0 Å². The van der Waals surface area contributed by atoms with Crippen LogP contribution < -0.4 is 19.7 Å². The van der Waals surface area contributed by atoms with Crippen LogP contribution in [0.2, 0.25) is 0 Å². The van der Waals surface area contributed by atoms with Crippen LogP contribution in [0, 0.1) is 5.82 Å². The second-order valence-electron chi connectivity index (χ2n) is 9.47. The molecule has 184 valence electrons. The van der Waals surface area contributed by atoms with Gasteiger partial charge in [-0.2, -0.15) is 0 Å². The van der Waals surface area contributed by atoms with Crippen LogP contribution in [-0.2, 0) is 6.54 Å². The van der Waals surface area contributed by atoms with E-state index in [2.05, 4.69) is 42.3 Å². The van der Waals surface area contributed by atoms with Crippen molar-refractivity contribution < 1.29 is 13.9 Å². The van der Waals surface area contributed by atoms with E-state index in [1.807, 2.05) is 22.9 Å². The number of hydrogen-bond donors (Lipinski definition) is 1. The summed E-state index contributed by atoms with van der Waals surface area (Å²) < 4.78 is 28.8. The highest BCUT2D eigenvalue weighted by atomic mass is 19.1. The summed E-state index contributed by atoms with van der Waals surface area (Å²) in [7, 11) is 2.12. The first-order valence-electron chi connectivity index (χ1n) is 12.1. The summed E-state index contributed by atoms with van der Waals surface area (Å²) in [5, 5.41) is 11.9. The molecule has 11 heteroatoms. The van der Waals surface area contributed by atoms with E-state index in [1.165, 1.54) is 6.07 Å². The third-order valence-corrected chi connectivity index (χ3v) is 7.25. The normalized spacial score (nSPS) is 19.4. The maximum absolute atomic E-state index is 14.8. The number of ether oxygens (including phenoxy) is 2. The molecule has 36 heavy (non-hydrogen) atoms. The van der Waals surface area contributed by atoms with Gasteiger partial charge in [-0.25, -0.2) is 14.4 Å². The van der Waals surface area contributed by atoms with Gasteiger partial charge in [-0.05, 0) is 25.2 Å². The van der Waals surface area contributed by atoms with Crippen molar-refractivity contribution in [2.45, 2.75) is 12.5 Å². The number of pyridine rings is 1. The lowest BCUT2D eigenvalue weighted by Gasteiger charge is -2.32. The van der Waals surface area contributed by atoms with Crippen molar-refractivity contribution in [2.75, 3.05) is 56.7 Å². The Hall–Kier alpha value is -3.99. The number of piperazine rings is 1. The number of nitrogens with zero attached hydrogens (tertiary/aromatic N) is 7. The van der Waals surface area contributed by atoms with Crippen LogP contribution in [0.3, 0.4) is 0 Å². The van der Waals surface area contributed by atoms with Gasteiger partial charge in [-0.3, -0.25) is 4.40 Å². The molecule has 1 fully saturated rings. The molecular formula is C25H25FN8O2. The Morgan fingerprint density at radius 3 is 2.61 bits per heavy atom. The van der Waals surface area contributed by atoms with Crippen LogP contribution in [0.4, 0.5) is 16.2 Å². The van der Waals surface area contributed by atoms with Gasteiger partial charge in [0.05, 0.1) is 19.1 Å². The molecule has 0 amide bonds. The average Bonchev–Trinajstić information content (AvgIpc) is 3.56. The first kappa shape index (κ1) is 21.3. The Kier molecular flexibility index (Phi) is 4.91. The van der Waals surface area contributed by atoms with E-state index in [0.717, 1.165) is 54.6 Å². The SMILES string of the molecule is CN1CCN(c2ncc(-c3cc4c(n5cnnc35)NCc3c(F)ccc5c3[C@H](CO5)CO4)cn2)CC1. The third-order valence-electron chi connectivity index (χ3n) is 7.25. The van der Waals surface area contributed by atoms with Gasteiger partial charge in [0.2, 0.25) is 5.95 Å². The molecule has 1 N–H and O–H groups in total. The molecule has 1 saturated heterocycles. The highest BCUT2D eigenvalue weighted by Gasteiger charge is 2.31. The van der Waals surface area contributed by atoms with E-state index in [4.69, 9.17) is 9.47 Å². The van der Waals surface area contributed by atoms with Crippen LogP contribution in [0.25, 0.3) is 16.8 Å². The summed E-state index contributed by atoms with van der Waals surface area (Å²) in [5.74, 6) is 2.44. The zero-order valence-electron chi connectivity index (χ0n) is 19.8. The number of benzene rings is 1. The lowest BCUT2D eigenvalue weighted by Crippen LogP contribution is -2.45. The molecule has 0 spiro atoms. The number of rotatable bonds is 2. The van der Waals surface area contributed by atoms with Crippen molar-refractivity contribution in [3.8, 4) is 22.6 Å². The molecule has 10 nitrogen and oxygen atoms in total. The maximum Gasteiger partial charge on any atom is 0.225 e. The van der Waals surface area contributed by atoms with Gasteiger partial charge < -0.3 is 24.6 Å². The summed E-state index contributed by atoms with van der Waals surface area (Å²) in [6.45, 7) is 4.90. The third kappa shape index (κ3) is 3.41. The van der Waals surface area contributed by atoms with Gasteiger partial charge >= 0.3 is 0 Å². The number of likely N-dealkylation sites (N-methyl/N-ethyl adjacent to an activating group) is 1. The Morgan fingerprint density at radius 1 is 1.03 bits per heavy atom. The van der Waals surface area contributed by atoms with Crippen LogP contribution in [0.1, 0.15) is 17.0 Å². The minimum absolute atomic E-state index is 0.0512. The minimum atomic E-state index is -0.255. The van der Waals surface area contributed by atoms with Gasteiger partial charge in [-0.15, -0.1) is 10.2 Å². The summed E-state index contributed by atoms with van der Waals surface area (Å²) in [5.41, 5.74) is 3.75. The fourth-order valence-corrected chi connectivity index (χ4v) is 5.23. The number of fused-ring (bicyclic) bond motifs is 3. The molecule has 7 rings (SSSR count). The second kappa shape index (κ2) is 8.30. The molecule has 0 aliphatic carbocycles. The predicted molar refractivity (Wildman–Crippen MR) is 131 cm³/mol. The molecule has 0 bridgehead atoms. The van der Waals surface area contributed by atoms with Crippen LogP contribution in [0.5, 0.6) is 11.5 Å². The van der Waals surface area contributed by atoms with E-state index in [0.29, 0.717) is 42.5 Å². The molecule has 1 aromatic carbocycles. The lowest BCUT2D eigenvalue weighted by molar-refractivity contribution is 0.249. The number of hydrogen-bond acceptors (Lipinski definition) is 9. The fraction of sp³-hybridized carbons (Fsp3) is 0.360. The number of aromatic nitrogens is 5. The van der Waals surface area contributed by atoms with Gasteiger partial charge in [0.15, 0.2) is 17.2 Å². The quantitative estimate of drug-likeness (QED) is 0.457. The first-order valence-corrected chi connectivity index (χ1v) is 12.1. The molecular weight excluding hydrogens is 463 g/mol. The van der Waals surface area contributed by atoms with Crippen LogP contribution >= 0.6 is 0 Å². The number of halogens is 1. The maximum atomic E-state index is 14.8. The van der Waals surface area contributed by atoms with Crippen LogP contribution in [-0.4, -0.2) is 75.9 Å². The zero-order valence-corrected chi connectivity index (χ0v) is 19.8. The van der Waals surface area contributed by atoms with E-state index < -0.39 is 0 Å². The van der Waals surface area contributed by atoms with E-state index in [9.17, 15) is 4.39 Å². The summed E-state index contributed by atoms with van der Waals surface area (Å²) >= 11 is 0. The van der Waals surface area contributed by atoms with Gasteiger partial charge in [-0.1, -0.05) is 0 Å². The Balaban J connectivity index is 1.26. The monoisotopic (exact) mass is 488 g/mol. The van der Waals surface area contributed by atoms with Gasteiger partial charge in [0, 0.05) is 67.4 Å². The second-order valence-corrected chi connectivity index (χ2v) is 9.47. The standard InChI is InChI=1S/C25H25FN8O2/c1-32-4-6-33(7-5-32)25-28-9-15(10-29-25)17-8-21-24(34-14-30-31-23(17)34)27-11-18-19(26)2-3-20-22(18)16(12-35-20)13-36-21/h2-3,8-10,14,16,27H,4-7,11-13H2,1H3/t16-/m1/s1. The van der Waals surface area contributed by atoms with E-state index >= 15 is 0 Å². The van der Waals surface area contributed by atoms with Crippen molar-refractivity contribution in [2.24, 2.45) is 0 Å². The molecule has 6 heterocycles. The number of anilines is 2. The summed E-state index contributed by atoms with van der Waals surface area (Å²) in [6, 6.07) is 5.09. The average molecular weight is 489 g/mol. The van der Waals surface area contributed by atoms with E-state index in [-0.39, 0.29) is 11.7 Å². The highest BCUT2D eigenvalue weighted by Crippen LogP contribution is 2.41. The number of nitrogens with one attached hydrogen (secondary N) is 1. The van der Waals surface area contributed by atoms with E-state index in [1.54, 1.807) is 12.4 Å². The fourth-order valence-electron chi connectivity index (χ4n) is 5.23. The zero-order chi connectivity index (χ0) is 24.2. The van der Waals surface area contributed by atoms with Crippen LogP contribution in [0.15, 0.2) is 36.9 Å². The molecule has 1 atom stereocenters. The molecule has 0 unspecified atom stereocenters. The molecule has 4 aromatic rings. The first-order chi connectivity index (χ1) is 17.7. The Morgan fingerprint density at radius 2 is 1.81 bits per heavy atom. The molecule has 0 radical (unpaired) electrons. The molecule has 3 aromatic heterocycles. The molecule has 0 saturated carbocycles. The predicted octanol–water partition coefficient (Wildman–Crippen LogP) is 2.56. The molecule has 3 aliphatic heterocycles. The minimum Gasteiger partial charge on any atom is -0.493 e. The van der Waals surface area contributed by atoms with Crippen molar-refractivity contribution >= 4 is 17.4 Å². The Labute approximate surface area is 206 Å². The molecule has 3 aliphatic rings. The van der Waals surface area contributed by atoms with Crippen molar-refractivity contribution in [3.05, 3.63) is 53.9 Å². The van der Waals surface area contributed by atoms with Crippen molar-refractivity contribution in [1.82, 2.24) is 29.5 Å². The topological polar surface area (TPSA) is 92.9 Å². The van der Waals surface area contributed by atoms with Gasteiger partial charge in [0.1, 0.15) is 17.9 Å². The largest absolute Gasteiger partial charge is 0.493 e. The van der Waals surface area contributed by atoms with Crippen molar-refractivity contribution in [3.63, 3.8) is 0 Å². The highest BCUT2D eigenvalue weighted by molar-refractivity contribution is 5.81. The lowest BCUT2D eigenvalue weighted by atomic mass is 9.96. The Bertz CT molecular complexity index is 1450. The van der Waals surface area contributed by atoms with Gasteiger partial charge in [0.25, 0.3) is 0 Å². The summed E-state index contributed by atoms with van der Waals surface area (Å²) in [6.07, 6.45) is 5.27.